The van der Waals surface area contributed by atoms with Gasteiger partial charge in [-0.1, -0.05) is 29.4 Å². The van der Waals surface area contributed by atoms with E-state index in [1.54, 1.807) is 38.3 Å². The molecule has 1 aliphatic carbocycles. The quantitative estimate of drug-likeness (QED) is 0.668. The van der Waals surface area contributed by atoms with Crippen molar-refractivity contribution in [3.8, 4) is 0 Å². The number of nitrogens with zero attached hydrogens (tertiary/aromatic N) is 2. The van der Waals surface area contributed by atoms with E-state index in [1.165, 1.54) is 18.0 Å². The number of aliphatic imine (C=N–C) groups is 1. The predicted octanol–water partition coefficient (Wildman–Crippen LogP) is 4.29. The lowest BCUT2D eigenvalue weighted by atomic mass is 9.83. The Labute approximate surface area is 184 Å². The van der Waals surface area contributed by atoms with Gasteiger partial charge in [-0.05, 0) is 49.6 Å². The number of aromatic nitrogens is 1. The number of rotatable bonds is 6. The first-order chi connectivity index (χ1) is 14.2. The van der Waals surface area contributed by atoms with E-state index in [2.05, 4.69) is 9.98 Å². The molecule has 1 aliphatic heterocycles. The molecular formula is C22H23ClFN3O2S. The van der Waals surface area contributed by atoms with Crippen LogP contribution in [0.5, 0.6) is 0 Å². The van der Waals surface area contributed by atoms with E-state index in [0.717, 1.165) is 12.0 Å². The van der Waals surface area contributed by atoms with E-state index in [-0.39, 0.29) is 28.7 Å². The molecular weight excluding hydrogens is 425 g/mol. The molecule has 5 nitrogen and oxygen atoms in total. The van der Waals surface area contributed by atoms with Gasteiger partial charge < -0.3 is 10.5 Å². The van der Waals surface area contributed by atoms with Crippen LogP contribution in [-0.2, 0) is 16.7 Å². The second-order valence-corrected chi connectivity index (χ2v) is 10.1. The Kier molecular flexibility index (Phi) is 5.41. The van der Waals surface area contributed by atoms with Crippen LogP contribution in [0.4, 0.5) is 4.39 Å². The van der Waals surface area contributed by atoms with E-state index in [1.807, 2.05) is 6.92 Å². The monoisotopic (exact) mass is 447 g/mol. The fourth-order valence-electron chi connectivity index (χ4n) is 4.46. The topological polar surface area (TPSA) is 77.6 Å². The molecule has 0 radical (unpaired) electrons. The summed E-state index contributed by atoms with van der Waals surface area (Å²) < 4.78 is 20.5. The Hall–Kier alpha value is -1.96. The minimum atomic E-state index is -0.805. The summed E-state index contributed by atoms with van der Waals surface area (Å²) >= 11 is 7.37. The average molecular weight is 448 g/mol. The van der Waals surface area contributed by atoms with Crippen LogP contribution in [0.15, 0.2) is 35.5 Å². The maximum Gasteiger partial charge on any atom is 0.185 e. The summed E-state index contributed by atoms with van der Waals surface area (Å²) in [7, 11) is 1.66. The predicted molar refractivity (Wildman–Crippen MR) is 118 cm³/mol. The number of fused-ring (bicyclic) bond motifs is 1. The van der Waals surface area contributed by atoms with Gasteiger partial charge in [0.25, 0.3) is 0 Å². The maximum absolute atomic E-state index is 15.3. The Balaban J connectivity index is 1.69. The molecule has 0 saturated heterocycles. The lowest BCUT2D eigenvalue weighted by Crippen LogP contribution is -2.38. The SMILES string of the molecule is COC[C@]12C[C@H]1[C@@](C)(c1cc(CC(=O)c3ccc(Cl)cn3)cc(C)c1F)N=C(N)S2. The van der Waals surface area contributed by atoms with Crippen LogP contribution in [0, 0.1) is 18.7 Å². The van der Waals surface area contributed by atoms with E-state index < -0.39 is 5.54 Å². The number of pyridine rings is 1. The van der Waals surface area contributed by atoms with Crippen molar-refractivity contribution in [2.45, 2.75) is 37.0 Å². The van der Waals surface area contributed by atoms with Gasteiger partial charge in [-0.2, -0.15) is 0 Å². The Bertz CT molecular complexity index is 1050. The molecule has 1 fully saturated rings. The summed E-state index contributed by atoms with van der Waals surface area (Å²) in [6, 6.07) is 6.68. The average Bonchev–Trinajstić information content (AvgIpc) is 3.40. The highest BCUT2D eigenvalue weighted by Gasteiger charge is 2.66. The number of halogens is 2. The van der Waals surface area contributed by atoms with Gasteiger partial charge in [0.2, 0.25) is 0 Å². The summed E-state index contributed by atoms with van der Waals surface area (Å²) in [4.78, 5) is 21.4. The molecule has 0 amide bonds. The molecule has 2 aromatic rings. The van der Waals surface area contributed by atoms with Gasteiger partial charge in [0.05, 0.1) is 21.9 Å². The maximum atomic E-state index is 15.3. The number of aryl methyl sites for hydroxylation is 1. The highest BCUT2D eigenvalue weighted by atomic mass is 35.5. The molecule has 2 N–H and O–H groups in total. The van der Waals surface area contributed by atoms with Crippen molar-refractivity contribution in [2.24, 2.45) is 16.6 Å². The van der Waals surface area contributed by atoms with Gasteiger partial charge in [-0.15, -0.1) is 0 Å². The number of benzene rings is 1. The van der Waals surface area contributed by atoms with Crippen LogP contribution in [0.3, 0.4) is 0 Å². The van der Waals surface area contributed by atoms with Gasteiger partial charge in [-0.25, -0.2) is 4.39 Å². The van der Waals surface area contributed by atoms with Gasteiger partial charge in [0.1, 0.15) is 11.5 Å². The Morgan fingerprint density at radius 3 is 2.87 bits per heavy atom. The highest BCUT2D eigenvalue weighted by Crippen LogP contribution is 2.66. The largest absolute Gasteiger partial charge is 0.383 e. The molecule has 2 aliphatic rings. The van der Waals surface area contributed by atoms with E-state index in [4.69, 9.17) is 22.1 Å². The van der Waals surface area contributed by atoms with Crippen LogP contribution in [0.25, 0.3) is 0 Å². The number of amidine groups is 1. The number of ether oxygens (including phenoxy) is 1. The third-order valence-corrected chi connectivity index (χ3v) is 7.48. The van der Waals surface area contributed by atoms with Crippen molar-refractivity contribution in [3.05, 3.63) is 63.7 Å². The summed E-state index contributed by atoms with van der Waals surface area (Å²) in [5.74, 6) is -0.351. The number of hydrogen-bond acceptors (Lipinski definition) is 6. The van der Waals surface area contributed by atoms with Crippen molar-refractivity contribution >= 4 is 34.3 Å². The number of carbonyl (C=O) groups is 1. The number of carbonyl (C=O) groups excluding carboxylic acids is 1. The molecule has 2 heterocycles. The molecule has 30 heavy (non-hydrogen) atoms. The Morgan fingerprint density at radius 1 is 1.43 bits per heavy atom. The van der Waals surface area contributed by atoms with Crippen LogP contribution >= 0.6 is 23.4 Å². The summed E-state index contributed by atoms with van der Waals surface area (Å²) in [5, 5.41) is 0.904. The number of thioether (sulfide) groups is 1. The van der Waals surface area contributed by atoms with Crippen molar-refractivity contribution < 1.29 is 13.9 Å². The van der Waals surface area contributed by atoms with Gasteiger partial charge in [0, 0.05) is 31.2 Å². The van der Waals surface area contributed by atoms with Gasteiger partial charge in [-0.3, -0.25) is 14.8 Å². The summed E-state index contributed by atoms with van der Waals surface area (Å²) in [6.07, 6.45) is 2.40. The minimum Gasteiger partial charge on any atom is -0.383 e. The lowest BCUT2D eigenvalue weighted by Gasteiger charge is -2.34. The molecule has 1 aromatic carbocycles. The number of methoxy groups -OCH3 is 1. The Morgan fingerprint density at radius 2 is 2.20 bits per heavy atom. The first-order valence-corrected chi connectivity index (χ1v) is 10.9. The smallest absolute Gasteiger partial charge is 0.185 e. The molecule has 8 heteroatoms. The third-order valence-electron chi connectivity index (χ3n) is 5.98. The highest BCUT2D eigenvalue weighted by molar-refractivity contribution is 8.15. The standard InChI is InChI=1S/C22H23ClFN3O2S/c1-12-6-13(8-17(28)16-5-4-14(23)10-26-16)7-15(19(12)24)21(2)18-9-22(18,11-29-3)30-20(25)27-21/h4-7,10,18H,8-9,11H2,1-3H3,(H2,25,27)/t18-,21+,22+/m0/s1. The molecule has 1 aromatic heterocycles. The van der Waals surface area contributed by atoms with Gasteiger partial charge >= 0.3 is 0 Å². The van der Waals surface area contributed by atoms with Crippen molar-refractivity contribution in [1.29, 1.82) is 0 Å². The third kappa shape index (κ3) is 3.63. The van der Waals surface area contributed by atoms with Crippen molar-refractivity contribution in [3.63, 3.8) is 0 Å². The van der Waals surface area contributed by atoms with Crippen molar-refractivity contribution in [1.82, 2.24) is 4.98 Å². The molecule has 1 saturated carbocycles. The normalized spacial score (nSPS) is 27.4. The van der Waals surface area contributed by atoms with Crippen LogP contribution in [0.1, 0.15) is 40.5 Å². The zero-order valence-electron chi connectivity index (χ0n) is 17.0. The molecule has 3 atom stereocenters. The number of Topliss-reactive ketones (excluding diaryl/α,β-unsaturated/α-hetero) is 1. The number of hydrogen-bond donors (Lipinski definition) is 1. The van der Waals surface area contributed by atoms with Crippen molar-refractivity contribution in [2.75, 3.05) is 13.7 Å². The minimum absolute atomic E-state index is 0.111. The first-order valence-electron chi connectivity index (χ1n) is 9.66. The summed E-state index contributed by atoms with van der Waals surface area (Å²) in [6.45, 7) is 4.16. The first kappa shape index (κ1) is 21.3. The second kappa shape index (κ2) is 7.62. The van der Waals surface area contributed by atoms with E-state index in [0.29, 0.717) is 33.6 Å². The molecule has 0 bridgehead atoms. The molecule has 0 spiro atoms. The number of nitrogens with two attached hydrogens (primary N) is 1. The second-order valence-electron chi connectivity index (χ2n) is 8.19. The zero-order valence-corrected chi connectivity index (χ0v) is 18.6. The van der Waals surface area contributed by atoms with Crippen LogP contribution < -0.4 is 5.73 Å². The van der Waals surface area contributed by atoms with Gasteiger partial charge in [0.15, 0.2) is 11.0 Å². The zero-order chi connectivity index (χ0) is 21.7. The van der Waals surface area contributed by atoms with E-state index in [9.17, 15) is 4.79 Å². The van der Waals surface area contributed by atoms with Crippen LogP contribution in [0.2, 0.25) is 5.02 Å². The number of ketones is 1. The fraction of sp³-hybridized carbons (Fsp3) is 0.409. The molecule has 0 unspecified atom stereocenters. The van der Waals surface area contributed by atoms with E-state index >= 15 is 4.39 Å². The fourth-order valence-corrected chi connectivity index (χ4v) is 6.02. The lowest BCUT2D eigenvalue weighted by molar-refractivity contribution is 0.0988. The molecule has 4 rings (SSSR count). The van der Waals surface area contributed by atoms with Crippen LogP contribution in [-0.4, -0.2) is 34.4 Å². The summed E-state index contributed by atoms with van der Waals surface area (Å²) in [5.41, 5.74) is 7.33. The molecule has 158 valence electrons.